The number of hydrogen-bond acceptors (Lipinski definition) is 6. The summed E-state index contributed by atoms with van der Waals surface area (Å²) in [7, 11) is 0. The zero-order valence-electron chi connectivity index (χ0n) is 16.3. The van der Waals surface area contributed by atoms with Crippen LogP contribution in [0.2, 0.25) is 0 Å². The standard InChI is InChI=1S/C22H22N2O4S/c1-15-7-3-4-8-17(15)11-23-21(25)13-28-22(26)19-9-5-6-10-20(19)27-12-18-14-29-16(2)24-18/h3-10,14H,11-13H2,1-2H3,(H,23,25). The fraction of sp³-hybridized carbons (Fsp3) is 0.227. The summed E-state index contributed by atoms with van der Waals surface area (Å²) in [5.41, 5.74) is 3.17. The Morgan fingerprint density at radius 2 is 1.83 bits per heavy atom. The summed E-state index contributed by atoms with van der Waals surface area (Å²) in [5, 5.41) is 5.62. The van der Waals surface area contributed by atoms with Crippen molar-refractivity contribution in [3.05, 3.63) is 81.3 Å². The zero-order valence-corrected chi connectivity index (χ0v) is 17.1. The van der Waals surface area contributed by atoms with Crippen LogP contribution in [0.5, 0.6) is 5.75 Å². The van der Waals surface area contributed by atoms with Crippen molar-refractivity contribution in [1.29, 1.82) is 0 Å². The normalized spacial score (nSPS) is 10.4. The molecule has 1 aromatic heterocycles. The lowest BCUT2D eigenvalue weighted by molar-refractivity contribution is -0.124. The van der Waals surface area contributed by atoms with Crippen LogP contribution in [0.15, 0.2) is 53.9 Å². The van der Waals surface area contributed by atoms with Gasteiger partial charge in [-0.2, -0.15) is 0 Å². The third kappa shape index (κ3) is 5.89. The first-order valence-corrected chi connectivity index (χ1v) is 10.0. The van der Waals surface area contributed by atoms with Gasteiger partial charge in [0.25, 0.3) is 5.91 Å². The van der Waals surface area contributed by atoms with Crippen LogP contribution >= 0.6 is 11.3 Å². The fourth-order valence-electron chi connectivity index (χ4n) is 2.65. The molecule has 0 atom stereocenters. The molecule has 0 radical (unpaired) electrons. The first kappa shape index (κ1) is 20.5. The number of para-hydroxylation sites is 1. The smallest absolute Gasteiger partial charge is 0.342 e. The van der Waals surface area contributed by atoms with Gasteiger partial charge in [0.05, 0.1) is 10.7 Å². The van der Waals surface area contributed by atoms with Gasteiger partial charge in [-0.3, -0.25) is 4.79 Å². The van der Waals surface area contributed by atoms with E-state index in [-0.39, 0.29) is 24.7 Å². The Hall–Kier alpha value is -3.19. The number of aryl methyl sites for hydroxylation is 2. The molecule has 0 fully saturated rings. The zero-order chi connectivity index (χ0) is 20.6. The van der Waals surface area contributed by atoms with E-state index in [1.165, 1.54) is 11.3 Å². The van der Waals surface area contributed by atoms with Crippen molar-refractivity contribution in [2.24, 2.45) is 0 Å². The molecule has 1 heterocycles. The summed E-state index contributed by atoms with van der Waals surface area (Å²) in [6, 6.07) is 14.6. The summed E-state index contributed by atoms with van der Waals surface area (Å²) in [6.45, 7) is 4.18. The highest BCUT2D eigenvalue weighted by Gasteiger charge is 2.16. The van der Waals surface area contributed by atoms with E-state index in [1.807, 2.05) is 43.5 Å². The minimum atomic E-state index is -0.610. The molecule has 0 aliphatic heterocycles. The second kappa shape index (κ2) is 9.84. The van der Waals surface area contributed by atoms with E-state index < -0.39 is 5.97 Å². The number of aromatic nitrogens is 1. The van der Waals surface area contributed by atoms with E-state index in [1.54, 1.807) is 24.3 Å². The van der Waals surface area contributed by atoms with Gasteiger partial charge in [0.1, 0.15) is 17.9 Å². The van der Waals surface area contributed by atoms with Crippen LogP contribution < -0.4 is 10.1 Å². The van der Waals surface area contributed by atoms with Gasteiger partial charge in [-0.15, -0.1) is 11.3 Å². The highest BCUT2D eigenvalue weighted by atomic mass is 32.1. The maximum absolute atomic E-state index is 12.4. The Labute approximate surface area is 173 Å². The molecule has 150 valence electrons. The maximum Gasteiger partial charge on any atom is 0.342 e. The molecule has 2 aromatic carbocycles. The van der Waals surface area contributed by atoms with E-state index >= 15 is 0 Å². The van der Waals surface area contributed by atoms with Crippen molar-refractivity contribution >= 4 is 23.2 Å². The molecule has 0 bridgehead atoms. The highest BCUT2D eigenvalue weighted by Crippen LogP contribution is 2.21. The number of esters is 1. The van der Waals surface area contributed by atoms with Crippen molar-refractivity contribution in [3.63, 3.8) is 0 Å². The summed E-state index contributed by atoms with van der Waals surface area (Å²) in [4.78, 5) is 28.8. The van der Waals surface area contributed by atoms with Gasteiger partial charge in [-0.25, -0.2) is 9.78 Å². The summed E-state index contributed by atoms with van der Waals surface area (Å²) in [5.74, 6) is -0.581. The lowest BCUT2D eigenvalue weighted by Gasteiger charge is -2.11. The highest BCUT2D eigenvalue weighted by molar-refractivity contribution is 7.09. The molecule has 1 amide bonds. The van der Waals surface area contributed by atoms with Crippen LogP contribution in [0.3, 0.4) is 0 Å². The van der Waals surface area contributed by atoms with Gasteiger partial charge < -0.3 is 14.8 Å². The summed E-state index contributed by atoms with van der Waals surface area (Å²) in [6.07, 6.45) is 0. The van der Waals surface area contributed by atoms with Crippen molar-refractivity contribution in [2.45, 2.75) is 27.0 Å². The molecule has 6 nitrogen and oxygen atoms in total. The minimum Gasteiger partial charge on any atom is -0.486 e. The Morgan fingerprint density at radius 1 is 1.07 bits per heavy atom. The SMILES string of the molecule is Cc1nc(COc2ccccc2C(=O)OCC(=O)NCc2ccccc2C)cs1. The average molecular weight is 410 g/mol. The molecule has 0 saturated carbocycles. The van der Waals surface area contributed by atoms with Crippen LogP contribution in [0.25, 0.3) is 0 Å². The maximum atomic E-state index is 12.4. The number of ether oxygens (including phenoxy) is 2. The van der Waals surface area contributed by atoms with Crippen LogP contribution in [-0.2, 0) is 22.7 Å². The lowest BCUT2D eigenvalue weighted by Crippen LogP contribution is -2.28. The van der Waals surface area contributed by atoms with E-state index in [4.69, 9.17) is 9.47 Å². The van der Waals surface area contributed by atoms with E-state index in [2.05, 4.69) is 10.3 Å². The minimum absolute atomic E-state index is 0.256. The van der Waals surface area contributed by atoms with Crippen LogP contribution in [0, 0.1) is 13.8 Å². The molecule has 0 aliphatic carbocycles. The summed E-state index contributed by atoms with van der Waals surface area (Å²) < 4.78 is 10.9. The number of nitrogens with one attached hydrogen (secondary N) is 1. The molecule has 0 aliphatic rings. The van der Waals surface area contributed by atoms with Crippen molar-refractivity contribution in [3.8, 4) is 5.75 Å². The number of carbonyl (C=O) groups is 2. The number of thiazole rings is 1. The van der Waals surface area contributed by atoms with Crippen LogP contribution in [-0.4, -0.2) is 23.5 Å². The number of hydrogen-bond donors (Lipinski definition) is 1. The van der Waals surface area contributed by atoms with Gasteiger partial charge in [-0.05, 0) is 37.1 Å². The molecular formula is C22H22N2O4S. The first-order chi connectivity index (χ1) is 14.0. The van der Waals surface area contributed by atoms with E-state index in [0.717, 1.165) is 21.8 Å². The number of carbonyl (C=O) groups excluding carboxylic acids is 2. The van der Waals surface area contributed by atoms with Crippen LogP contribution in [0.4, 0.5) is 0 Å². The molecule has 0 saturated heterocycles. The second-order valence-corrected chi connectivity index (χ2v) is 7.48. The predicted molar refractivity (Wildman–Crippen MR) is 111 cm³/mol. The topological polar surface area (TPSA) is 77.5 Å². The van der Waals surface area contributed by atoms with Crippen molar-refractivity contribution in [2.75, 3.05) is 6.61 Å². The van der Waals surface area contributed by atoms with Gasteiger partial charge in [0.2, 0.25) is 0 Å². The third-order valence-corrected chi connectivity index (χ3v) is 5.04. The van der Waals surface area contributed by atoms with Gasteiger partial charge in [-0.1, -0.05) is 36.4 Å². The molecule has 0 unspecified atom stereocenters. The molecule has 0 spiro atoms. The largest absolute Gasteiger partial charge is 0.486 e. The average Bonchev–Trinajstić information content (AvgIpc) is 3.15. The quantitative estimate of drug-likeness (QED) is 0.572. The van der Waals surface area contributed by atoms with Crippen LogP contribution in [0.1, 0.15) is 32.2 Å². The molecule has 3 rings (SSSR count). The number of amides is 1. The Balaban J connectivity index is 1.52. The van der Waals surface area contributed by atoms with E-state index in [9.17, 15) is 9.59 Å². The molecule has 29 heavy (non-hydrogen) atoms. The van der Waals surface area contributed by atoms with E-state index in [0.29, 0.717) is 12.3 Å². The lowest BCUT2D eigenvalue weighted by atomic mass is 10.1. The molecular weight excluding hydrogens is 388 g/mol. The number of benzene rings is 2. The number of nitrogens with zero attached hydrogens (tertiary/aromatic N) is 1. The second-order valence-electron chi connectivity index (χ2n) is 6.42. The first-order valence-electron chi connectivity index (χ1n) is 9.14. The molecule has 3 aromatic rings. The summed E-state index contributed by atoms with van der Waals surface area (Å²) >= 11 is 1.54. The number of rotatable bonds is 8. The third-order valence-electron chi connectivity index (χ3n) is 4.22. The van der Waals surface area contributed by atoms with Crippen molar-refractivity contribution < 1.29 is 19.1 Å². The van der Waals surface area contributed by atoms with Gasteiger partial charge in [0, 0.05) is 11.9 Å². The Kier molecular flexibility index (Phi) is 6.97. The van der Waals surface area contributed by atoms with Gasteiger partial charge >= 0.3 is 5.97 Å². The predicted octanol–water partition coefficient (Wildman–Crippen LogP) is 3.81. The molecule has 7 heteroatoms. The molecule has 1 N–H and O–H groups in total. The Bertz CT molecular complexity index is 1000. The fourth-order valence-corrected chi connectivity index (χ4v) is 3.25. The van der Waals surface area contributed by atoms with Gasteiger partial charge in [0.15, 0.2) is 6.61 Å². The Morgan fingerprint density at radius 3 is 2.59 bits per heavy atom. The monoisotopic (exact) mass is 410 g/mol. The van der Waals surface area contributed by atoms with Crippen molar-refractivity contribution in [1.82, 2.24) is 10.3 Å².